The second-order valence-electron chi connectivity index (χ2n) is 6.65. The number of nitrogens with zero attached hydrogens (tertiary/aromatic N) is 3. The zero-order valence-electron chi connectivity index (χ0n) is 14.6. The average molecular weight is 361 g/mol. The molecule has 1 amide bonds. The Morgan fingerprint density at radius 3 is 2.46 bits per heavy atom. The van der Waals surface area contributed by atoms with Gasteiger partial charge in [-0.05, 0) is 43.7 Å². The molecule has 0 spiro atoms. The lowest BCUT2D eigenvalue weighted by Crippen LogP contribution is -2.58. The van der Waals surface area contributed by atoms with Gasteiger partial charge in [0.05, 0.1) is 11.7 Å². The van der Waals surface area contributed by atoms with Crippen LogP contribution in [0.2, 0.25) is 0 Å². The van der Waals surface area contributed by atoms with Gasteiger partial charge in [0.2, 0.25) is 0 Å². The van der Waals surface area contributed by atoms with Crippen molar-refractivity contribution in [3.63, 3.8) is 0 Å². The smallest absolute Gasteiger partial charge is 0.407 e. The molecule has 0 saturated carbocycles. The number of hydrogen-bond donors (Lipinski definition) is 1. The lowest BCUT2D eigenvalue weighted by atomic mass is 9.96. The molecule has 7 heteroatoms. The maximum absolute atomic E-state index is 14.5. The highest BCUT2D eigenvalue weighted by Crippen LogP contribution is 2.33. The number of rotatable bonds is 3. The molecule has 5 nitrogen and oxygen atoms in total. The Morgan fingerprint density at radius 2 is 1.85 bits per heavy atom. The van der Waals surface area contributed by atoms with Gasteiger partial charge in [-0.15, -0.1) is 0 Å². The van der Waals surface area contributed by atoms with Crippen molar-refractivity contribution in [2.75, 3.05) is 13.1 Å². The third-order valence-corrected chi connectivity index (χ3v) is 4.84. The minimum Gasteiger partial charge on any atom is -0.465 e. The first-order valence-corrected chi connectivity index (χ1v) is 8.49. The number of pyridine rings is 1. The first-order valence-electron chi connectivity index (χ1n) is 8.49. The number of benzene rings is 1. The number of halogens is 2. The van der Waals surface area contributed by atoms with Crippen LogP contribution in [-0.4, -0.2) is 51.2 Å². The molecule has 2 aromatic rings. The molecule has 1 N–H and O–H groups in total. The van der Waals surface area contributed by atoms with E-state index in [-0.39, 0.29) is 23.6 Å². The van der Waals surface area contributed by atoms with Crippen LogP contribution in [0.1, 0.15) is 31.1 Å². The molecule has 2 heterocycles. The summed E-state index contributed by atoms with van der Waals surface area (Å²) in [7, 11) is 0. The van der Waals surface area contributed by atoms with Crippen molar-refractivity contribution in [2.24, 2.45) is 0 Å². The lowest BCUT2D eigenvalue weighted by molar-refractivity contribution is 0.0263. The largest absolute Gasteiger partial charge is 0.465 e. The van der Waals surface area contributed by atoms with E-state index in [1.54, 1.807) is 12.1 Å². The summed E-state index contributed by atoms with van der Waals surface area (Å²) in [6.45, 7) is 4.46. The van der Waals surface area contributed by atoms with Gasteiger partial charge in [0.15, 0.2) is 0 Å². The molecule has 1 aromatic carbocycles. The van der Waals surface area contributed by atoms with E-state index < -0.39 is 18.0 Å². The molecule has 138 valence electrons. The van der Waals surface area contributed by atoms with E-state index in [1.807, 2.05) is 18.7 Å². The number of hydrogen-bond acceptors (Lipinski definition) is 3. The van der Waals surface area contributed by atoms with Crippen LogP contribution >= 0.6 is 0 Å². The van der Waals surface area contributed by atoms with Crippen molar-refractivity contribution in [3.8, 4) is 0 Å². The van der Waals surface area contributed by atoms with Gasteiger partial charge in [0.1, 0.15) is 11.6 Å². The second kappa shape index (κ2) is 7.37. The summed E-state index contributed by atoms with van der Waals surface area (Å²) in [4.78, 5) is 19.1. The van der Waals surface area contributed by atoms with E-state index >= 15 is 0 Å². The highest BCUT2D eigenvalue weighted by molar-refractivity contribution is 5.65. The van der Waals surface area contributed by atoms with Crippen molar-refractivity contribution in [1.82, 2.24) is 14.8 Å². The van der Waals surface area contributed by atoms with E-state index in [4.69, 9.17) is 0 Å². The zero-order chi connectivity index (χ0) is 18.8. The van der Waals surface area contributed by atoms with Crippen LogP contribution < -0.4 is 0 Å². The van der Waals surface area contributed by atoms with Crippen molar-refractivity contribution < 1.29 is 18.7 Å². The van der Waals surface area contributed by atoms with Gasteiger partial charge in [-0.3, -0.25) is 9.88 Å². The van der Waals surface area contributed by atoms with Crippen LogP contribution in [0.3, 0.4) is 0 Å². The normalized spacial score (nSPS) is 22.2. The van der Waals surface area contributed by atoms with E-state index in [0.29, 0.717) is 18.7 Å². The summed E-state index contributed by atoms with van der Waals surface area (Å²) < 4.78 is 27.9. The quantitative estimate of drug-likeness (QED) is 0.909. The molecule has 0 aliphatic carbocycles. The summed E-state index contributed by atoms with van der Waals surface area (Å²) >= 11 is 0. The van der Waals surface area contributed by atoms with Gasteiger partial charge in [0, 0.05) is 31.4 Å². The molecule has 1 aliphatic rings. The van der Waals surface area contributed by atoms with Crippen molar-refractivity contribution >= 4 is 6.09 Å². The number of amides is 1. The predicted molar refractivity (Wildman–Crippen MR) is 92.8 cm³/mol. The van der Waals surface area contributed by atoms with Gasteiger partial charge < -0.3 is 10.0 Å². The highest BCUT2D eigenvalue weighted by atomic mass is 19.1. The fraction of sp³-hybridized carbons (Fsp3) is 0.368. The summed E-state index contributed by atoms with van der Waals surface area (Å²) in [5.74, 6) is -0.812. The standard InChI is InChI=1S/C19H21F2N3O2/c1-12-11-24(19(25)26)13(2)10-23(12)18(14-5-7-15(20)8-6-14)17-16(21)4-3-9-22-17/h3-9,12-13,18H,10-11H2,1-2H3,(H,25,26)/t12?,13-,18?/m0/s1. The number of aromatic nitrogens is 1. The van der Waals surface area contributed by atoms with Crippen molar-refractivity contribution in [3.05, 3.63) is 65.5 Å². The number of carboxylic acid groups (broad SMARTS) is 1. The minimum atomic E-state index is -0.966. The van der Waals surface area contributed by atoms with Crippen LogP contribution in [0.4, 0.5) is 13.6 Å². The molecule has 3 rings (SSSR count). The van der Waals surface area contributed by atoms with Crippen LogP contribution in [0, 0.1) is 11.6 Å². The second-order valence-corrected chi connectivity index (χ2v) is 6.65. The predicted octanol–water partition coefficient (Wildman–Crippen LogP) is 3.52. The van der Waals surface area contributed by atoms with E-state index in [9.17, 15) is 18.7 Å². The first kappa shape index (κ1) is 18.3. The maximum atomic E-state index is 14.5. The van der Waals surface area contributed by atoms with Gasteiger partial charge in [-0.25, -0.2) is 13.6 Å². The van der Waals surface area contributed by atoms with Crippen LogP contribution in [0.5, 0.6) is 0 Å². The van der Waals surface area contributed by atoms with Gasteiger partial charge >= 0.3 is 6.09 Å². The highest BCUT2D eigenvalue weighted by Gasteiger charge is 2.38. The Balaban J connectivity index is 2.02. The van der Waals surface area contributed by atoms with Gasteiger partial charge in [-0.2, -0.15) is 0 Å². The maximum Gasteiger partial charge on any atom is 0.407 e. The molecule has 2 unspecified atom stereocenters. The molecule has 1 aliphatic heterocycles. The van der Waals surface area contributed by atoms with E-state index in [2.05, 4.69) is 4.98 Å². The number of carbonyl (C=O) groups is 1. The topological polar surface area (TPSA) is 56.7 Å². The molecular weight excluding hydrogens is 340 g/mol. The molecular formula is C19H21F2N3O2. The molecule has 1 aromatic heterocycles. The monoisotopic (exact) mass is 361 g/mol. The molecule has 1 saturated heterocycles. The fourth-order valence-corrected chi connectivity index (χ4v) is 3.53. The van der Waals surface area contributed by atoms with Crippen molar-refractivity contribution in [2.45, 2.75) is 32.0 Å². The van der Waals surface area contributed by atoms with Gasteiger partial charge in [-0.1, -0.05) is 12.1 Å². The fourth-order valence-electron chi connectivity index (χ4n) is 3.53. The summed E-state index contributed by atoms with van der Waals surface area (Å²) in [5, 5.41) is 9.35. The Morgan fingerprint density at radius 1 is 1.15 bits per heavy atom. The molecule has 1 fully saturated rings. The number of piperazine rings is 1. The summed E-state index contributed by atoms with van der Waals surface area (Å²) in [6.07, 6.45) is 0.558. The Kier molecular flexibility index (Phi) is 5.18. The van der Waals surface area contributed by atoms with Gasteiger partial charge in [0.25, 0.3) is 0 Å². The van der Waals surface area contributed by atoms with Crippen LogP contribution in [0.25, 0.3) is 0 Å². The molecule has 3 atom stereocenters. The molecule has 0 radical (unpaired) electrons. The average Bonchev–Trinajstić information content (AvgIpc) is 2.60. The Hall–Kier alpha value is -2.54. The lowest BCUT2D eigenvalue weighted by Gasteiger charge is -2.46. The molecule has 0 bridgehead atoms. The van der Waals surface area contributed by atoms with Crippen LogP contribution in [0.15, 0.2) is 42.6 Å². The molecule has 26 heavy (non-hydrogen) atoms. The van der Waals surface area contributed by atoms with Crippen LogP contribution in [-0.2, 0) is 0 Å². The summed E-state index contributed by atoms with van der Waals surface area (Å²) in [6, 6.07) is 7.86. The third-order valence-electron chi connectivity index (χ3n) is 4.84. The Labute approximate surface area is 150 Å². The first-order chi connectivity index (χ1) is 12.4. The SMILES string of the molecule is CC1CN(C(=O)O)[C@@H](C)CN1C(c1ccc(F)cc1)c1ncccc1F. The van der Waals surface area contributed by atoms with E-state index in [1.165, 1.54) is 35.4 Å². The third kappa shape index (κ3) is 3.53. The van der Waals surface area contributed by atoms with E-state index in [0.717, 1.165) is 0 Å². The zero-order valence-corrected chi connectivity index (χ0v) is 14.6. The minimum absolute atomic E-state index is 0.154. The Bertz CT molecular complexity index is 785. The summed E-state index contributed by atoms with van der Waals surface area (Å²) in [5.41, 5.74) is 0.966. The van der Waals surface area contributed by atoms with Crippen molar-refractivity contribution in [1.29, 1.82) is 0 Å².